The molecule has 7 heteroatoms. The van der Waals surface area contributed by atoms with Gasteiger partial charge in [0, 0.05) is 11.8 Å². The van der Waals surface area contributed by atoms with Crippen LogP contribution >= 0.6 is 0 Å². The zero-order valence-corrected chi connectivity index (χ0v) is 10.1. The Morgan fingerprint density at radius 1 is 1.65 bits per heavy atom. The predicted octanol–water partition coefficient (Wildman–Crippen LogP) is 1.49. The van der Waals surface area contributed by atoms with Gasteiger partial charge < -0.3 is 9.76 Å². The number of aromatic nitrogens is 1. The van der Waals surface area contributed by atoms with Crippen molar-refractivity contribution < 1.29 is 14.0 Å². The summed E-state index contributed by atoms with van der Waals surface area (Å²) >= 11 is -2.20. The van der Waals surface area contributed by atoms with Crippen LogP contribution in [-0.2, 0) is 11.1 Å². The van der Waals surface area contributed by atoms with Gasteiger partial charge in [0.1, 0.15) is 6.07 Å². The highest BCUT2D eigenvalue weighted by Gasteiger charge is 2.15. The summed E-state index contributed by atoms with van der Waals surface area (Å²) in [5.74, 6) is -0.0215. The Morgan fingerprint density at radius 2 is 2.29 bits per heavy atom. The number of oxime groups is 1. The first kappa shape index (κ1) is 13.3. The molecule has 0 saturated carbocycles. The molecule has 90 valence electrons. The lowest BCUT2D eigenvalue weighted by atomic mass is 10.1. The van der Waals surface area contributed by atoms with Gasteiger partial charge in [-0.15, -0.1) is 0 Å². The average molecular weight is 253 g/mol. The summed E-state index contributed by atoms with van der Waals surface area (Å²) in [5.41, 5.74) is 0.432. The molecule has 0 aliphatic rings. The minimum Gasteiger partial charge on any atom is -0.410 e. The van der Waals surface area contributed by atoms with Crippen molar-refractivity contribution >= 4 is 16.8 Å². The second-order valence-electron chi connectivity index (χ2n) is 3.57. The number of rotatable bonds is 3. The first-order chi connectivity index (χ1) is 8.01. The number of pyridine rings is 1. The Morgan fingerprint density at radius 3 is 2.71 bits per heavy atom. The van der Waals surface area contributed by atoms with Crippen molar-refractivity contribution in [2.45, 2.75) is 24.7 Å². The minimum atomic E-state index is -2.20. The summed E-state index contributed by atoms with van der Waals surface area (Å²) in [6.45, 7) is 3.67. The van der Waals surface area contributed by atoms with E-state index in [1.165, 1.54) is 12.3 Å². The van der Waals surface area contributed by atoms with Gasteiger partial charge in [0.25, 0.3) is 0 Å². The van der Waals surface area contributed by atoms with Crippen LogP contribution in [0.1, 0.15) is 31.0 Å². The van der Waals surface area contributed by atoms with Gasteiger partial charge in [0.2, 0.25) is 0 Å². The molecule has 0 saturated heterocycles. The molecule has 0 amide bonds. The predicted molar refractivity (Wildman–Crippen MR) is 61.3 cm³/mol. The molecule has 0 aromatic carbocycles. The number of nitriles is 1. The highest BCUT2D eigenvalue weighted by molar-refractivity contribution is 7.79. The third-order valence-electron chi connectivity index (χ3n) is 2.10. The van der Waals surface area contributed by atoms with E-state index in [2.05, 4.69) is 10.1 Å². The van der Waals surface area contributed by atoms with E-state index in [0.717, 1.165) is 0 Å². The first-order valence-electron chi connectivity index (χ1n) is 4.74. The smallest absolute Gasteiger partial charge is 0.188 e. The van der Waals surface area contributed by atoms with Crippen LogP contribution in [0.4, 0.5) is 0 Å². The topological polar surface area (TPSA) is 107 Å². The Balaban J connectivity index is 3.39. The summed E-state index contributed by atoms with van der Waals surface area (Å²) in [4.78, 5) is 4.14. The normalized spacial score (nSPS) is 13.5. The minimum absolute atomic E-state index is 0.0215. The number of hydrogen-bond donors (Lipinski definition) is 2. The molecule has 1 rings (SSSR count). The van der Waals surface area contributed by atoms with Crippen molar-refractivity contribution in [2.24, 2.45) is 5.16 Å². The van der Waals surface area contributed by atoms with E-state index >= 15 is 0 Å². The van der Waals surface area contributed by atoms with E-state index < -0.39 is 11.1 Å². The fourth-order valence-corrected chi connectivity index (χ4v) is 2.00. The van der Waals surface area contributed by atoms with Gasteiger partial charge in [-0.3, -0.25) is 4.98 Å². The van der Waals surface area contributed by atoms with Crippen molar-refractivity contribution in [1.29, 1.82) is 5.26 Å². The van der Waals surface area contributed by atoms with Crippen LogP contribution in [-0.4, -0.2) is 24.7 Å². The largest absolute Gasteiger partial charge is 0.410 e. The van der Waals surface area contributed by atoms with Gasteiger partial charge in [-0.1, -0.05) is 19.0 Å². The summed E-state index contributed by atoms with van der Waals surface area (Å²) in [5, 5.41) is 20.1. The Kier molecular flexibility index (Phi) is 4.31. The van der Waals surface area contributed by atoms with E-state index in [-0.39, 0.29) is 22.1 Å². The maximum atomic E-state index is 11.2. The molecule has 1 heterocycles. The lowest BCUT2D eigenvalue weighted by molar-refractivity contribution is 0.320. The Hall–Kier alpha value is -1.78. The molecule has 1 aromatic heterocycles. The highest BCUT2D eigenvalue weighted by atomic mass is 32.2. The van der Waals surface area contributed by atoms with Crippen LogP contribution in [0.2, 0.25) is 0 Å². The summed E-state index contributed by atoms with van der Waals surface area (Å²) in [7, 11) is 0. The lowest BCUT2D eigenvalue weighted by Gasteiger charge is -2.09. The third-order valence-corrected chi connectivity index (χ3v) is 2.80. The molecule has 1 unspecified atom stereocenters. The molecule has 0 aliphatic heterocycles. The van der Waals surface area contributed by atoms with Crippen LogP contribution < -0.4 is 0 Å². The molecular weight excluding hydrogens is 242 g/mol. The summed E-state index contributed by atoms with van der Waals surface area (Å²) < 4.78 is 20.3. The molecule has 0 bridgehead atoms. The number of hydrogen-bond acceptors (Lipinski definition) is 5. The maximum absolute atomic E-state index is 11.2. The first-order valence-corrected chi connectivity index (χ1v) is 5.85. The maximum Gasteiger partial charge on any atom is 0.188 e. The fourth-order valence-electron chi connectivity index (χ4n) is 1.30. The summed E-state index contributed by atoms with van der Waals surface area (Å²) in [6, 6.07) is 2.99. The van der Waals surface area contributed by atoms with E-state index in [1.807, 2.05) is 13.8 Å². The molecular formula is C10H11N3O3S. The molecule has 0 fully saturated rings. The highest BCUT2D eigenvalue weighted by Crippen LogP contribution is 2.20. The van der Waals surface area contributed by atoms with Gasteiger partial charge in [-0.05, 0) is 12.0 Å². The summed E-state index contributed by atoms with van der Waals surface area (Å²) in [6.07, 6.45) is 1.34. The van der Waals surface area contributed by atoms with Crippen molar-refractivity contribution in [2.75, 3.05) is 0 Å². The van der Waals surface area contributed by atoms with Gasteiger partial charge in [-0.2, -0.15) is 5.26 Å². The van der Waals surface area contributed by atoms with Crippen LogP contribution in [0.5, 0.6) is 0 Å². The molecule has 1 atom stereocenters. The van der Waals surface area contributed by atoms with E-state index in [0.29, 0.717) is 5.69 Å². The Bertz CT molecular complexity index is 520. The third kappa shape index (κ3) is 2.87. The van der Waals surface area contributed by atoms with E-state index in [9.17, 15) is 4.21 Å². The van der Waals surface area contributed by atoms with Gasteiger partial charge >= 0.3 is 0 Å². The molecule has 0 radical (unpaired) electrons. The van der Waals surface area contributed by atoms with Crippen molar-refractivity contribution in [3.63, 3.8) is 0 Å². The molecule has 0 spiro atoms. The van der Waals surface area contributed by atoms with Gasteiger partial charge in [0.15, 0.2) is 16.8 Å². The van der Waals surface area contributed by atoms with E-state index in [1.54, 1.807) is 6.07 Å². The van der Waals surface area contributed by atoms with Crippen molar-refractivity contribution in [3.8, 4) is 6.07 Å². The zero-order valence-electron chi connectivity index (χ0n) is 9.28. The van der Waals surface area contributed by atoms with Crippen LogP contribution in [0, 0.1) is 11.3 Å². The molecule has 0 aliphatic carbocycles. The van der Waals surface area contributed by atoms with E-state index in [4.69, 9.17) is 15.0 Å². The SMILES string of the molecule is CC(C)c1ncc(/C(C#N)=N/O)cc1S(=O)O. The molecule has 1 aromatic rings. The average Bonchev–Trinajstić information content (AvgIpc) is 2.30. The Labute approximate surface area is 101 Å². The van der Waals surface area contributed by atoms with Gasteiger partial charge in [0.05, 0.1) is 10.6 Å². The van der Waals surface area contributed by atoms with Crippen LogP contribution in [0.15, 0.2) is 22.3 Å². The van der Waals surface area contributed by atoms with Crippen LogP contribution in [0.25, 0.3) is 0 Å². The zero-order chi connectivity index (χ0) is 13.0. The quantitative estimate of drug-likeness (QED) is 0.367. The fraction of sp³-hybridized carbons (Fsp3) is 0.300. The van der Waals surface area contributed by atoms with Gasteiger partial charge in [-0.25, -0.2) is 4.21 Å². The molecule has 17 heavy (non-hydrogen) atoms. The van der Waals surface area contributed by atoms with Crippen molar-refractivity contribution in [3.05, 3.63) is 23.5 Å². The second kappa shape index (κ2) is 5.52. The standard InChI is InChI=1S/C10H11N3O3S/c1-6(2)10-9(17(15)16)3-7(5-12-10)8(4-11)13-14/h3,5-6,14H,1-2H3,(H,15,16)/b13-8+. The van der Waals surface area contributed by atoms with Crippen molar-refractivity contribution in [1.82, 2.24) is 4.98 Å². The second-order valence-corrected chi connectivity index (χ2v) is 4.51. The van der Waals surface area contributed by atoms with Crippen LogP contribution in [0.3, 0.4) is 0 Å². The monoisotopic (exact) mass is 253 g/mol. The lowest BCUT2D eigenvalue weighted by Crippen LogP contribution is -2.06. The molecule has 6 nitrogen and oxygen atoms in total. The number of nitrogens with zero attached hydrogens (tertiary/aromatic N) is 3. The molecule has 2 N–H and O–H groups in total.